The van der Waals surface area contributed by atoms with Gasteiger partial charge in [-0.25, -0.2) is 0 Å². The van der Waals surface area contributed by atoms with E-state index in [1.54, 1.807) is 7.11 Å². The van der Waals surface area contributed by atoms with Gasteiger partial charge in [0.25, 0.3) is 0 Å². The summed E-state index contributed by atoms with van der Waals surface area (Å²) in [5.74, 6) is 3.41. The zero-order valence-corrected chi connectivity index (χ0v) is 13.1. The number of ether oxygens (including phenoxy) is 1. The fourth-order valence-corrected chi connectivity index (χ4v) is 2.49. The second-order valence-electron chi connectivity index (χ2n) is 5.75. The Labute approximate surface area is 116 Å². The third-order valence-corrected chi connectivity index (χ3v) is 3.75. The summed E-state index contributed by atoms with van der Waals surface area (Å²) in [6, 6.07) is 12.7. The van der Waals surface area contributed by atoms with E-state index in [2.05, 4.69) is 67.5 Å². The van der Waals surface area contributed by atoms with Gasteiger partial charge in [-0.2, -0.15) is 0 Å². The lowest BCUT2D eigenvalue weighted by molar-refractivity contribution is 0.185. The van der Waals surface area contributed by atoms with Crippen molar-refractivity contribution in [2.45, 2.75) is 26.2 Å². The molecule has 0 bridgehead atoms. The molecule has 0 fully saturated rings. The Balaban J connectivity index is 2.64. The molecular formula is C17H20OSi. The highest BCUT2D eigenvalue weighted by Crippen LogP contribution is 2.22. The highest BCUT2D eigenvalue weighted by Gasteiger charge is 2.09. The third kappa shape index (κ3) is 3.47. The van der Waals surface area contributed by atoms with E-state index >= 15 is 0 Å². The van der Waals surface area contributed by atoms with Crippen LogP contribution in [0, 0.1) is 11.5 Å². The molecular weight excluding hydrogens is 248 g/mol. The van der Waals surface area contributed by atoms with E-state index in [0.29, 0.717) is 6.61 Å². The standard InChI is InChI=1S/C17H20OSi/c1-18-13-15-10-9-14-7-5-6-8-16(14)17(15)11-12-19(2,3)4/h5-10H,13H2,1-4H3. The Morgan fingerprint density at radius 3 is 2.47 bits per heavy atom. The minimum absolute atomic E-state index is 0.612. The van der Waals surface area contributed by atoms with Crippen LogP contribution in [0.5, 0.6) is 0 Å². The Kier molecular flexibility index (Phi) is 4.09. The van der Waals surface area contributed by atoms with Gasteiger partial charge in [0.2, 0.25) is 0 Å². The first kappa shape index (κ1) is 13.9. The van der Waals surface area contributed by atoms with Gasteiger partial charge in [-0.15, -0.1) is 5.54 Å². The number of methoxy groups -OCH3 is 1. The van der Waals surface area contributed by atoms with Crippen molar-refractivity contribution in [1.29, 1.82) is 0 Å². The number of rotatable bonds is 2. The van der Waals surface area contributed by atoms with Crippen LogP contribution in [-0.2, 0) is 11.3 Å². The van der Waals surface area contributed by atoms with Crippen molar-refractivity contribution in [2.75, 3.05) is 7.11 Å². The summed E-state index contributed by atoms with van der Waals surface area (Å²) in [6.45, 7) is 7.41. The largest absolute Gasteiger partial charge is 0.380 e. The Morgan fingerprint density at radius 1 is 1.05 bits per heavy atom. The lowest BCUT2D eigenvalue weighted by Gasteiger charge is -2.09. The molecule has 1 nitrogen and oxygen atoms in total. The van der Waals surface area contributed by atoms with Crippen molar-refractivity contribution in [1.82, 2.24) is 0 Å². The highest BCUT2D eigenvalue weighted by molar-refractivity contribution is 6.83. The predicted octanol–water partition coefficient (Wildman–Crippen LogP) is 4.22. The second-order valence-corrected chi connectivity index (χ2v) is 10.5. The van der Waals surface area contributed by atoms with Gasteiger partial charge in [0, 0.05) is 12.7 Å². The first-order valence-electron chi connectivity index (χ1n) is 6.54. The van der Waals surface area contributed by atoms with Crippen LogP contribution >= 0.6 is 0 Å². The molecule has 0 heterocycles. The first-order valence-corrected chi connectivity index (χ1v) is 10.0. The smallest absolute Gasteiger partial charge is 0.129 e. The Morgan fingerprint density at radius 2 is 1.79 bits per heavy atom. The molecule has 2 aromatic carbocycles. The summed E-state index contributed by atoms with van der Waals surface area (Å²) in [7, 11) is 0.352. The van der Waals surface area contributed by atoms with Gasteiger partial charge in [0.05, 0.1) is 6.61 Å². The topological polar surface area (TPSA) is 9.23 Å². The summed E-state index contributed by atoms with van der Waals surface area (Å²) in [5.41, 5.74) is 5.76. The SMILES string of the molecule is COCc1ccc2ccccc2c1C#C[Si](C)(C)C. The van der Waals surface area contributed by atoms with Gasteiger partial charge in [0.15, 0.2) is 0 Å². The molecule has 0 aliphatic rings. The van der Waals surface area contributed by atoms with Crippen molar-refractivity contribution in [3.05, 3.63) is 47.5 Å². The molecule has 0 unspecified atom stereocenters. The van der Waals surface area contributed by atoms with Crippen molar-refractivity contribution in [2.24, 2.45) is 0 Å². The van der Waals surface area contributed by atoms with Crippen LogP contribution in [-0.4, -0.2) is 15.2 Å². The molecule has 19 heavy (non-hydrogen) atoms. The van der Waals surface area contributed by atoms with Crippen LogP contribution < -0.4 is 0 Å². The zero-order valence-electron chi connectivity index (χ0n) is 12.1. The van der Waals surface area contributed by atoms with Gasteiger partial charge in [0.1, 0.15) is 8.07 Å². The van der Waals surface area contributed by atoms with Crippen molar-refractivity contribution in [3.63, 3.8) is 0 Å². The van der Waals surface area contributed by atoms with E-state index in [4.69, 9.17) is 4.74 Å². The van der Waals surface area contributed by atoms with Gasteiger partial charge < -0.3 is 4.74 Å². The summed E-state index contributed by atoms with van der Waals surface area (Å²) >= 11 is 0. The van der Waals surface area contributed by atoms with Crippen LogP contribution in [0.15, 0.2) is 36.4 Å². The highest BCUT2D eigenvalue weighted by atomic mass is 28.3. The fourth-order valence-electron chi connectivity index (χ4n) is 1.99. The average Bonchev–Trinajstić information content (AvgIpc) is 2.36. The van der Waals surface area contributed by atoms with Crippen LogP contribution in [0.4, 0.5) is 0 Å². The van der Waals surface area contributed by atoms with E-state index < -0.39 is 8.07 Å². The van der Waals surface area contributed by atoms with Gasteiger partial charge >= 0.3 is 0 Å². The van der Waals surface area contributed by atoms with Crippen molar-refractivity contribution < 1.29 is 4.74 Å². The minimum Gasteiger partial charge on any atom is -0.380 e. The molecule has 98 valence electrons. The van der Waals surface area contributed by atoms with Crippen LogP contribution in [0.25, 0.3) is 10.8 Å². The molecule has 0 aromatic heterocycles. The first-order chi connectivity index (χ1) is 9.01. The average molecular weight is 268 g/mol. The van der Waals surface area contributed by atoms with Crippen molar-refractivity contribution >= 4 is 18.8 Å². The summed E-state index contributed by atoms with van der Waals surface area (Å²) in [4.78, 5) is 0. The van der Waals surface area contributed by atoms with Gasteiger partial charge in [-0.3, -0.25) is 0 Å². The predicted molar refractivity (Wildman–Crippen MR) is 84.9 cm³/mol. The summed E-state index contributed by atoms with van der Waals surface area (Å²) in [6.07, 6.45) is 0. The zero-order chi connectivity index (χ0) is 13.9. The van der Waals surface area contributed by atoms with E-state index in [9.17, 15) is 0 Å². The maximum absolute atomic E-state index is 5.29. The summed E-state index contributed by atoms with van der Waals surface area (Å²) < 4.78 is 5.29. The van der Waals surface area contributed by atoms with Gasteiger partial charge in [-0.05, 0) is 16.3 Å². The van der Waals surface area contributed by atoms with E-state index in [1.165, 1.54) is 16.3 Å². The molecule has 0 spiro atoms. The molecule has 0 saturated heterocycles. The Hall–Kier alpha value is -1.56. The lowest BCUT2D eigenvalue weighted by Crippen LogP contribution is -2.16. The molecule has 0 aliphatic carbocycles. The van der Waals surface area contributed by atoms with E-state index in [0.717, 1.165) is 5.56 Å². The van der Waals surface area contributed by atoms with Crippen molar-refractivity contribution in [3.8, 4) is 11.5 Å². The Bertz CT molecular complexity index is 642. The number of benzene rings is 2. The molecule has 0 saturated carbocycles. The van der Waals surface area contributed by atoms with Crippen LogP contribution in [0.2, 0.25) is 19.6 Å². The van der Waals surface area contributed by atoms with E-state index in [-0.39, 0.29) is 0 Å². The molecule has 0 amide bonds. The maximum atomic E-state index is 5.29. The fraction of sp³-hybridized carbons (Fsp3) is 0.294. The molecule has 0 radical (unpaired) electrons. The quantitative estimate of drug-likeness (QED) is 0.585. The number of fused-ring (bicyclic) bond motifs is 1. The summed E-state index contributed by atoms with van der Waals surface area (Å²) in [5, 5.41) is 2.46. The molecule has 2 aromatic rings. The van der Waals surface area contributed by atoms with Gasteiger partial charge in [-0.1, -0.05) is 62.0 Å². The maximum Gasteiger partial charge on any atom is 0.129 e. The molecule has 2 heteroatoms. The van der Waals surface area contributed by atoms with Crippen LogP contribution in [0.3, 0.4) is 0 Å². The molecule has 2 rings (SSSR count). The molecule has 0 atom stereocenters. The number of hydrogen-bond acceptors (Lipinski definition) is 1. The third-order valence-electron chi connectivity index (χ3n) is 2.88. The number of hydrogen-bond donors (Lipinski definition) is 0. The lowest BCUT2D eigenvalue weighted by atomic mass is 10.00. The van der Waals surface area contributed by atoms with E-state index in [1.807, 2.05) is 0 Å². The minimum atomic E-state index is -1.38. The molecule has 0 aliphatic heterocycles. The van der Waals surface area contributed by atoms with Crippen LogP contribution in [0.1, 0.15) is 11.1 Å². The monoisotopic (exact) mass is 268 g/mol. The molecule has 0 N–H and O–H groups in total. The second kappa shape index (κ2) is 5.60. The normalized spacial score (nSPS) is 11.2.